The molecule has 0 aliphatic heterocycles. The van der Waals surface area contributed by atoms with Crippen molar-refractivity contribution in [1.29, 1.82) is 0 Å². The molecule has 0 aliphatic carbocycles. The lowest BCUT2D eigenvalue weighted by molar-refractivity contribution is 0.440. The van der Waals surface area contributed by atoms with Crippen molar-refractivity contribution in [2.75, 3.05) is 13.6 Å². The first-order valence-electron chi connectivity index (χ1n) is 9.87. The van der Waals surface area contributed by atoms with Gasteiger partial charge < -0.3 is 15.4 Å². The maximum Gasteiger partial charge on any atom is 0.191 e. The molecule has 2 aromatic heterocycles. The largest absolute Gasteiger partial charge is 0.453 e. The summed E-state index contributed by atoms with van der Waals surface area (Å²) in [5, 5.41) is 10.9. The highest BCUT2D eigenvalue weighted by molar-refractivity contribution is 14.0. The number of guanidine groups is 1. The van der Waals surface area contributed by atoms with Gasteiger partial charge in [0.2, 0.25) is 0 Å². The molecule has 9 heteroatoms. The minimum Gasteiger partial charge on any atom is -0.453 e. The summed E-state index contributed by atoms with van der Waals surface area (Å²) in [5.74, 6) is 0.899. The lowest BCUT2D eigenvalue weighted by Crippen LogP contribution is -2.37. The van der Waals surface area contributed by atoms with Gasteiger partial charge in [-0.15, -0.1) is 24.0 Å². The Morgan fingerprint density at radius 2 is 2.03 bits per heavy atom. The third-order valence-corrected chi connectivity index (χ3v) is 4.48. The van der Waals surface area contributed by atoms with Crippen molar-refractivity contribution < 1.29 is 9.13 Å². The van der Waals surface area contributed by atoms with Gasteiger partial charge in [-0.3, -0.25) is 14.7 Å². The molecule has 7 nitrogen and oxygen atoms in total. The molecule has 1 aromatic carbocycles. The van der Waals surface area contributed by atoms with E-state index in [9.17, 15) is 4.39 Å². The highest BCUT2D eigenvalue weighted by atomic mass is 127. The standard InChI is InChI=1S/C22H27FN6O.HI/c1-16-12-17(2)29(28-16)11-5-10-26-22(24-3)27-14-18-7-8-21(20(23)13-18)30-19-6-4-9-25-15-19;/h4,6-9,12-13,15H,5,10-11,14H2,1-3H3,(H2,24,26,27);1H. The molecule has 0 fully saturated rings. The number of hydrogen-bond acceptors (Lipinski definition) is 4. The SMILES string of the molecule is CN=C(NCCCn1nc(C)cc1C)NCc1ccc(Oc2cccnc2)c(F)c1.I. The van der Waals surface area contributed by atoms with Crippen molar-refractivity contribution in [1.82, 2.24) is 25.4 Å². The maximum absolute atomic E-state index is 14.4. The molecule has 0 radical (unpaired) electrons. The number of aryl methyl sites for hydroxylation is 3. The van der Waals surface area contributed by atoms with Crippen molar-refractivity contribution in [2.24, 2.45) is 4.99 Å². The zero-order valence-corrected chi connectivity index (χ0v) is 20.3. The normalized spacial score (nSPS) is 11.0. The highest BCUT2D eigenvalue weighted by Gasteiger charge is 2.07. The average molecular weight is 538 g/mol. The average Bonchev–Trinajstić information content (AvgIpc) is 3.07. The van der Waals surface area contributed by atoms with Crippen LogP contribution in [0.4, 0.5) is 4.39 Å². The second-order valence-electron chi connectivity index (χ2n) is 6.91. The Kier molecular flexibility index (Phi) is 9.70. The minimum absolute atomic E-state index is 0. The molecule has 0 saturated carbocycles. The van der Waals surface area contributed by atoms with E-state index in [4.69, 9.17) is 4.74 Å². The second kappa shape index (κ2) is 12.2. The van der Waals surface area contributed by atoms with Crippen molar-refractivity contribution in [3.63, 3.8) is 0 Å². The van der Waals surface area contributed by atoms with E-state index in [2.05, 4.69) is 38.7 Å². The van der Waals surface area contributed by atoms with Crippen molar-refractivity contribution in [3.8, 4) is 11.5 Å². The fourth-order valence-corrected chi connectivity index (χ4v) is 3.01. The van der Waals surface area contributed by atoms with Gasteiger partial charge in [-0.1, -0.05) is 6.07 Å². The Labute approximate surface area is 199 Å². The lowest BCUT2D eigenvalue weighted by Gasteiger charge is -2.13. The van der Waals surface area contributed by atoms with Gasteiger partial charge >= 0.3 is 0 Å². The highest BCUT2D eigenvalue weighted by Crippen LogP contribution is 2.24. The van der Waals surface area contributed by atoms with Gasteiger partial charge in [-0.2, -0.15) is 5.10 Å². The van der Waals surface area contributed by atoms with Crippen LogP contribution >= 0.6 is 24.0 Å². The van der Waals surface area contributed by atoms with Crippen LogP contribution in [-0.4, -0.2) is 34.3 Å². The van der Waals surface area contributed by atoms with Crippen molar-refractivity contribution >= 4 is 29.9 Å². The fourth-order valence-electron chi connectivity index (χ4n) is 3.01. The van der Waals surface area contributed by atoms with Gasteiger partial charge in [0.1, 0.15) is 5.75 Å². The maximum atomic E-state index is 14.4. The molecule has 2 N–H and O–H groups in total. The summed E-state index contributed by atoms with van der Waals surface area (Å²) in [6, 6.07) is 10.4. The van der Waals surface area contributed by atoms with E-state index in [1.807, 2.05) is 17.7 Å². The number of nitrogens with zero attached hydrogens (tertiary/aromatic N) is 4. The molecule has 0 saturated heterocycles. The zero-order chi connectivity index (χ0) is 21.3. The van der Waals surface area contributed by atoms with Gasteiger partial charge in [0.25, 0.3) is 0 Å². The molecule has 0 bridgehead atoms. The van der Waals surface area contributed by atoms with E-state index in [1.165, 1.54) is 6.07 Å². The molecule has 166 valence electrons. The first kappa shape index (κ1) is 24.6. The van der Waals surface area contributed by atoms with E-state index < -0.39 is 5.82 Å². The molecule has 2 heterocycles. The number of nitrogens with one attached hydrogen (secondary N) is 2. The summed E-state index contributed by atoms with van der Waals surface area (Å²) in [7, 11) is 1.71. The molecule has 0 amide bonds. The van der Waals surface area contributed by atoms with Crippen molar-refractivity contribution in [3.05, 3.63) is 71.6 Å². The second-order valence-corrected chi connectivity index (χ2v) is 6.91. The van der Waals surface area contributed by atoms with Gasteiger partial charge in [-0.25, -0.2) is 4.39 Å². The molecular formula is C22H28FIN6O. The molecule has 0 unspecified atom stereocenters. The van der Waals surface area contributed by atoms with Crippen LogP contribution in [0, 0.1) is 19.7 Å². The van der Waals surface area contributed by atoms with Gasteiger partial charge in [0, 0.05) is 38.6 Å². The van der Waals surface area contributed by atoms with Crippen LogP contribution in [0.5, 0.6) is 11.5 Å². The summed E-state index contributed by atoms with van der Waals surface area (Å²) in [5.41, 5.74) is 2.98. The minimum atomic E-state index is -0.425. The van der Waals surface area contributed by atoms with E-state index in [0.29, 0.717) is 18.3 Å². The Bertz CT molecular complexity index is 993. The third kappa shape index (κ3) is 7.50. The Hall–Kier alpha value is -2.69. The molecule has 0 spiro atoms. The molecule has 3 rings (SSSR count). The summed E-state index contributed by atoms with van der Waals surface area (Å²) in [6.45, 7) is 6.09. The van der Waals surface area contributed by atoms with Crippen LogP contribution < -0.4 is 15.4 Å². The van der Waals surface area contributed by atoms with Crippen LogP contribution in [0.2, 0.25) is 0 Å². The molecule has 0 atom stereocenters. The van der Waals surface area contributed by atoms with Gasteiger partial charge in [-0.05, 0) is 56.2 Å². The Morgan fingerprint density at radius 1 is 1.19 bits per heavy atom. The monoisotopic (exact) mass is 538 g/mol. The Balaban J connectivity index is 0.00000341. The zero-order valence-electron chi connectivity index (χ0n) is 17.9. The first-order chi connectivity index (χ1) is 14.5. The van der Waals surface area contributed by atoms with Crippen LogP contribution in [0.3, 0.4) is 0 Å². The van der Waals surface area contributed by atoms with Crippen LogP contribution in [-0.2, 0) is 13.1 Å². The molecule has 0 aliphatic rings. The van der Waals surface area contributed by atoms with E-state index in [0.717, 1.165) is 36.5 Å². The quantitative estimate of drug-likeness (QED) is 0.195. The van der Waals surface area contributed by atoms with Crippen molar-refractivity contribution in [2.45, 2.75) is 33.4 Å². The van der Waals surface area contributed by atoms with Gasteiger partial charge in [0.05, 0.1) is 11.9 Å². The summed E-state index contributed by atoms with van der Waals surface area (Å²) >= 11 is 0. The summed E-state index contributed by atoms with van der Waals surface area (Å²) < 4.78 is 21.9. The molecule has 31 heavy (non-hydrogen) atoms. The smallest absolute Gasteiger partial charge is 0.191 e. The van der Waals surface area contributed by atoms with E-state index in [1.54, 1.807) is 37.6 Å². The number of ether oxygens (including phenoxy) is 1. The number of pyridine rings is 1. The van der Waals surface area contributed by atoms with Gasteiger partial charge in [0.15, 0.2) is 17.5 Å². The first-order valence-corrected chi connectivity index (χ1v) is 9.87. The predicted molar refractivity (Wildman–Crippen MR) is 131 cm³/mol. The van der Waals surface area contributed by atoms with E-state index in [-0.39, 0.29) is 29.7 Å². The number of hydrogen-bond donors (Lipinski definition) is 2. The third-order valence-electron chi connectivity index (χ3n) is 4.48. The lowest BCUT2D eigenvalue weighted by atomic mass is 10.2. The number of rotatable bonds is 8. The van der Waals surface area contributed by atoms with Crippen LogP contribution in [0.15, 0.2) is 53.8 Å². The predicted octanol–water partition coefficient (Wildman–Crippen LogP) is 4.20. The number of benzene rings is 1. The van der Waals surface area contributed by atoms with Crippen LogP contribution in [0.25, 0.3) is 0 Å². The topological polar surface area (TPSA) is 76.4 Å². The summed E-state index contributed by atoms with van der Waals surface area (Å²) in [6.07, 6.45) is 4.09. The Morgan fingerprint density at radius 3 is 2.68 bits per heavy atom. The number of aromatic nitrogens is 3. The van der Waals surface area contributed by atoms with E-state index >= 15 is 0 Å². The van der Waals surface area contributed by atoms with Crippen LogP contribution in [0.1, 0.15) is 23.4 Å². The number of aliphatic imine (C=N–C) groups is 1. The number of halogens is 2. The molecular weight excluding hydrogens is 510 g/mol. The fraction of sp³-hybridized carbons (Fsp3) is 0.318. The molecule has 3 aromatic rings. The summed E-state index contributed by atoms with van der Waals surface area (Å²) in [4.78, 5) is 8.17.